The second kappa shape index (κ2) is 7.04. The van der Waals surface area contributed by atoms with Crippen molar-refractivity contribution in [3.63, 3.8) is 0 Å². The lowest BCUT2D eigenvalue weighted by molar-refractivity contribution is 0.240. The molecule has 0 aromatic heterocycles. The Kier molecular flexibility index (Phi) is 5.12. The monoisotopic (exact) mass is 283 g/mol. The third-order valence-electron chi connectivity index (χ3n) is 3.51. The van der Waals surface area contributed by atoms with Crippen molar-refractivity contribution in [1.82, 2.24) is 0 Å². The summed E-state index contributed by atoms with van der Waals surface area (Å²) in [7, 11) is 0. The third kappa shape index (κ3) is 3.70. The van der Waals surface area contributed by atoms with Crippen LogP contribution in [0.4, 0.5) is 0 Å². The van der Waals surface area contributed by atoms with Gasteiger partial charge in [0.15, 0.2) is 0 Å². The molecule has 0 saturated heterocycles. The molecule has 2 N–H and O–H groups in total. The van der Waals surface area contributed by atoms with E-state index >= 15 is 0 Å². The van der Waals surface area contributed by atoms with E-state index in [0.29, 0.717) is 5.56 Å². The highest BCUT2D eigenvalue weighted by Gasteiger charge is 2.11. The number of aliphatic hydroxyl groups is 1. The van der Waals surface area contributed by atoms with E-state index in [2.05, 4.69) is 4.99 Å². The molecule has 0 bridgehead atoms. The minimum Gasteiger partial charge on any atom is -0.507 e. The number of phenols is 1. The van der Waals surface area contributed by atoms with Crippen LogP contribution in [0.5, 0.6) is 5.75 Å². The van der Waals surface area contributed by atoms with Crippen LogP contribution >= 0.6 is 0 Å². The van der Waals surface area contributed by atoms with Crippen LogP contribution in [0.15, 0.2) is 53.5 Å². The molecule has 0 saturated carbocycles. The van der Waals surface area contributed by atoms with Gasteiger partial charge in [-0.3, -0.25) is 4.99 Å². The number of phenolic OH excluding ortho intramolecular Hbond substituents is 1. The van der Waals surface area contributed by atoms with Crippen LogP contribution in [-0.4, -0.2) is 29.1 Å². The van der Waals surface area contributed by atoms with Gasteiger partial charge in [0.2, 0.25) is 0 Å². The Labute approximate surface area is 125 Å². The van der Waals surface area contributed by atoms with Crippen molar-refractivity contribution in [1.29, 1.82) is 0 Å². The molecule has 0 heterocycles. The second-order valence-corrected chi connectivity index (χ2v) is 5.38. The van der Waals surface area contributed by atoms with Gasteiger partial charge in [-0.15, -0.1) is 0 Å². The zero-order valence-electron chi connectivity index (χ0n) is 12.4. The average molecular weight is 283 g/mol. The van der Waals surface area contributed by atoms with Crippen LogP contribution in [0.1, 0.15) is 19.4 Å². The second-order valence-electron chi connectivity index (χ2n) is 5.38. The van der Waals surface area contributed by atoms with Crippen molar-refractivity contribution < 1.29 is 10.2 Å². The first-order valence-corrected chi connectivity index (χ1v) is 7.15. The van der Waals surface area contributed by atoms with Crippen molar-refractivity contribution in [2.24, 2.45) is 10.9 Å². The number of nitrogens with zero attached hydrogens (tertiary/aromatic N) is 1. The molecule has 0 radical (unpaired) electrons. The molecule has 0 aliphatic carbocycles. The van der Waals surface area contributed by atoms with E-state index in [1.165, 1.54) is 0 Å². The normalized spacial score (nSPS) is 13.0. The van der Waals surface area contributed by atoms with Gasteiger partial charge in [-0.25, -0.2) is 0 Å². The molecule has 21 heavy (non-hydrogen) atoms. The van der Waals surface area contributed by atoms with Crippen LogP contribution in [-0.2, 0) is 0 Å². The van der Waals surface area contributed by atoms with Crippen molar-refractivity contribution in [2.45, 2.75) is 19.9 Å². The van der Waals surface area contributed by atoms with E-state index in [-0.39, 0.29) is 24.3 Å². The van der Waals surface area contributed by atoms with E-state index in [9.17, 15) is 10.2 Å². The molecule has 2 aromatic rings. The summed E-state index contributed by atoms with van der Waals surface area (Å²) in [6, 6.07) is 15.2. The molecule has 3 nitrogen and oxygen atoms in total. The Morgan fingerprint density at radius 1 is 1.05 bits per heavy atom. The van der Waals surface area contributed by atoms with E-state index in [4.69, 9.17) is 0 Å². The Morgan fingerprint density at radius 3 is 2.38 bits per heavy atom. The number of aliphatic hydroxyl groups excluding tert-OH is 1. The number of aromatic hydroxyl groups is 1. The average Bonchev–Trinajstić information content (AvgIpc) is 2.50. The topological polar surface area (TPSA) is 52.8 Å². The van der Waals surface area contributed by atoms with Gasteiger partial charge in [0.25, 0.3) is 0 Å². The van der Waals surface area contributed by atoms with Crippen molar-refractivity contribution in [2.75, 3.05) is 6.61 Å². The van der Waals surface area contributed by atoms with E-state index < -0.39 is 0 Å². The SMILES string of the molecule is CC(C)[C@@H](CO)/N=C/c1cccc(-c2ccccc2)c1O. The quantitative estimate of drug-likeness (QED) is 0.825. The minimum atomic E-state index is -0.148. The summed E-state index contributed by atoms with van der Waals surface area (Å²) in [6.07, 6.45) is 1.64. The Morgan fingerprint density at radius 2 is 1.76 bits per heavy atom. The van der Waals surface area contributed by atoms with Gasteiger partial charge in [0.05, 0.1) is 12.6 Å². The highest BCUT2D eigenvalue weighted by Crippen LogP contribution is 2.31. The molecule has 0 fully saturated rings. The van der Waals surface area contributed by atoms with E-state index in [0.717, 1.165) is 11.1 Å². The summed E-state index contributed by atoms with van der Waals surface area (Å²) in [5, 5.41) is 19.7. The number of aliphatic imine (C=N–C) groups is 1. The molecular formula is C18H21NO2. The largest absolute Gasteiger partial charge is 0.507 e. The maximum Gasteiger partial charge on any atom is 0.132 e. The lowest BCUT2D eigenvalue weighted by atomic mass is 10.0. The minimum absolute atomic E-state index is 0.00725. The van der Waals surface area contributed by atoms with Gasteiger partial charge in [-0.1, -0.05) is 56.3 Å². The molecular weight excluding hydrogens is 262 g/mol. The van der Waals surface area contributed by atoms with Gasteiger partial charge < -0.3 is 10.2 Å². The highest BCUT2D eigenvalue weighted by molar-refractivity contribution is 5.88. The van der Waals surface area contributed by atoms with Gasteiger partial charge in [0.1, 0.15) is 5.75 Å². The zero-order valence-corrected chi connectivity index (χ0v) is 12.4. The van der Waals surface area contributed by atoms with Crippen molar-refractivity contribution >= 4 is 6.21 Å². The standard InChI is InChI=1S/C18H21NO2/c1-13(2)17(12-20)19-11-15-9-6-10-16(18(15)21)14-7-4-3-5-8-14/h3-11,13,17,20-21H,12H2,1-2H3/b19-11+/t17-/m1/s1. The maximum atomic E-state index is 10.4. The Bertz CT molecular complexity index is 606. The molecule has 0 unspecified atom stereocenters. The molecule has 2 rings (SSSR count). The van der Waals surface area contributed by atoms with Gasteiger partial charge >= 0.3 is 0 Å². The Balaban J connectivity index is 2.33. The third-order valence-corrected chi connectivity index (χ3v) is 3.51. The zero-order chi connectivity index (χ0) is 15.2. The van der Waals surface area contributed by atoms with E-state index in [1.54, 1.807) is 6.21 Å². The number of benzene rings is 2. The van der Waals surface area contributed by atoms with Crippen LogP contribution in [0.3, 0.4) is 0 Å². The number of hydrogen-bond acceptors (Lipinski definition) is 3. The first-order valence-electron chi connectivity index (χ1n) is 7.15. The predicted octanol–water partition coefficient (Wildman–Crippen LogP) is 3.50. The summed E-state index contributed by atoms with van der Waals surface area (Å²) < 4.78 is 0. The lowest BCUT2D eigenvalue weighted by Gasteiger charge is -2.13. The first kappa shape index (κ1) is 15.3. The van der Waals surface area contributed by atoms with E-state index in [1.807, 2.05) is 62.4 Å². The summed E-state index contributed by atoms with van der Waals surface area (Å²) in [5.41, 5.74) is 2.41. The van der Waals surface area contributed by atoms with Gasteiger partial charge in [0, 0.05) is 17.3 Å². The molecule has 0 aliphatic rings. The highest BCUT2D eigenvalue weighted by atomic mass is 16.3. The first-order chi connectivity index (χ1) is 10.1. The fraction of sp³-hybridized carbons (Fsp3) is 0.278. The predicted molar refractivity (Wildman–Crippen MR) is 86.8 cm³/mol. The Hall–Kier alpha value is -2.13. The van der Waals surface area contributed by atoms with Crippen LogP contribution in [0.2, 0.25) is 0 Å². The van der Waals surface area contributed by atoms with Crippen LogP contribution < -0.4 is 0 Å². The number of hydrogen-bond donors (Lipinski definition) is 2. The summed E-state index contributed by atoms with van der Waals surface area (Å²) in [6.45, 7) is 4.03. The lowest BCUT2D eigenvalue weighted by Crippen LogP contribution is -2.17. The van der Waals surface area contributed by atoms with Gasteiger partial charge in [-0.05, 0) is 17.5 Å². The molecule has 110 valence electrons. The summed E-state index contributed by atoms with van der Waals surface area (Å²) >= 11 is 0. The maximum absolute atomic E-state index is 10.4. The molecule has 0 spiro atoms. The number of rotatable bonds is 5. The number of para-hydroxylation sites is 1. The smallest absolute Gasteiger partial charge is 0.132 e. The van der Waals surface area contributed by atoms with Gasteiger partial charge in [-0.2, -0.15) is 0 Å². The van der Waals surface area contributed by atoms with Crippen molar-refractivity contribution in [3.8, 4) is 16.9 Å². The summed E-state index contributed by atoms with van der Waals surface area (Å²) in [4.78, 5) is 4.37. The molecule has 0 aliphatic heterocycles. The molecule has 2 aromatic carbocycles. The van der Waals surface area contributed by atoms with Crippen molar-refractivity contribution in [3.05, 3.63) is 54.1 Å². The molecule has 1 atom stereocenters. The van der Waals surface area contributed by atoms with Crippen LogP contribution in [0.25, 0.3) is 11.1 Å². The summed E-state index contributed by atoms with van der Waals surface area (Å²) in [5.74, 6) is 0.471. The van der Waals surface area contributed by atoms with Crippen LogP contribution in [0, 0.1) is 5.92 Å². The molecule has 3 heteroatoms. The fourth-order valence-corrected chi connectivity index (χ4v) is 2.12. The molecule has 0 amide bonds. The fourth-order valence-electron chi connectivity index (χ4n) is 2.12.